The van der Waals surface area contributed by atoms with Crippen molar-refractivity contribution in [2.45, 2.75) is 12.8 Å². The van der Waals surface area contributed by atoms with Gasteiger partial charge in [0.1, 0.15) is 0 Å². The van der Waals surface area contributed by atoms with Gasteiger partial charge in [0.15, 0.2) is 5.82 Å². The zero-order chi connectivity index (χ0) is 16.4. The first-order valence-electron chi connectivity index (χ1n) is 7.23. The standard InChI is InChI=1S/C15H17N5O3/c1-9-17-15(23-19-9)11-6-20(7-11)8-13(21)18-12-4-2-10(3-5-12)14(16)22/h2-5,11H,6-8H2,1H3,(H2,16,22)(H,18,21). The maximum atomic E-state index is 12.0. The van der Waals surface area contributed by atoms with Crippen LogP contribution in [0.3, 0.4) is 0 Å². The number of amides is 2. The fourth-order valence-corrected chi connectivity index (χ4v) is 2.46. The highest BCUT2D eigenvalue weighted by molar-refractivity contribution is 5.95. The normalized spacial score (nSPS) is 15.2. The van der Waals surface area contributed by atoms with E-state index in [9.17, 15) is 9.59 Å². The van der Waals surface area contributed by atoms with Crippen LogP contribution in [0, 0.1) is 6.92 Å². The van der Waals surface area contributed by atoms with Gasteiger partial charge in [0, 0.05) is 24.3 Å². The molecule has 1 fully saturated rings. The molecule has 0 aliphatic carbocycles. The number of nitrogens with two attached hydrogens (primary N) is 1. The number of hydrogen-bond acceptors (Lipinski definition) is 6. The number of carbonyl (C=O) groups excluding carboxylic acids is 2. The summed E-state index contributed by atoms with van der Waals surface area (Å²) in [6.45, 7) is 3.51. The Hall–Kier alpha value is -2.74. The quantitative estimate of drug-likeness (QED) is 0.831. The lowest BCUT2D eigenvalue weighted by Gasteiger charge is -2.36. The van der Waals surface area contributed by atoms with Crippen molar-refractivity contribution in [2.24, 2.45) is 5.73 Å². The van der Waals surface area contributed by atoms with Crippen molar-refractivity contribution in [1.29, 1.82) is 0 Å². The second-order valence-corrected chi connectivity index (χ2v) is 5.56. The van der Waals surface area contributed by atoms with Crippen LogP contribution in [-0.2, 0) is 4.79 Å². The van der Waals surface area contributed by atoms with Gasteiger partial charge in [0.05, 0.1) is 12.5 Å². The predicted octanol–water partition coefficient (Wildman–Crippen LogP) is 0.515. The number of anilines is 1. The third-order valence-electron chi connectivity index (χ3n) is 3.67. The number of likely N-dealkylation sites (tertiary alicyclic amines) is 1. The maximum absolute atomic E-state index is 12.0. The van der Waals surface area contributed by atoms with Crippen LogP contribution in [0.5, 0.6) is 0 Å². The molecule has 0 radical (unpaired) electrons. The summed E-state index contributed by atoms with van der Waals surface area (Å²) in [6, 6.07) is 6.46. The van der Waals surface area contributed by atoms with Crippen molar-refractivity contribution in [1.82, 2.24) is 15.0 Å². The minimum absolute atomic E-state index is 0.114. The average molecular weight is 315 g/mol. The second kappa shape index (κ2) is 6.17. The highest BCUT2D eigenvalue weighted by Crippen LogP contribution is 2.25. The molecule has 8 heteroatoms. The van der Waals surface area contributed by atoms with E-state index in [-0.39, 0.29) is 11.8 Å². The number of hydrogen-bond donors (Lipinski definition) is 2. The first-order chi connectivity index (χ1) is 11.0. The largest absolute Gasteiger partial charge is 0.366 e. The number of carbonyl (C=O) groups is 2. The number of rotatable bonds is 5. The average Bonchev–Trinajstić information content (AvgIpc) is 2.89. The van der Waals surface area contributed by atoms with Crippen LogP contribution in [0.2, 0.25) is 0 Å². The van der Waals surface area contributed by atoms with Gasteiger partial charge < -0.3 is 15.6 Å². The van der Waals surface area contributed by atoms with Gasteiger partial charge in [-0.05, 0) is 31.2 Å². The zero-order valence-electron chi connectivity index (χ0n) is 12.7. The first kappa shape index (κ1) is 15.2. The van der Waals surface area contributed by atoms with Crippen LogP contribution in [0.4, 0.5) is 5.69 Å². The van der Waals surface area contributed by atoms with Gasteiger partial charge in [-0.2, -0.15) is 4.98 Å². The second-order valence-electron chi connectivity index (χ2n) is 5.56. The number of primary amides is 1. The molecule has 0 unspecified atom stereocenters. The highest BCUT2D eigenvalue weighted by atomic mass is 16.5. The summed E-state index contributed by atoms with van der Waals surface area (Å²) >= 11 is 0. The Morgan fingerprint density at radius 1 is 1.35 bits per heavy atom. The fraction of sp³-hybridized carbons (Fsp3) is 0.333. The molecule has 0 saturated carbocycles. The van der Waals surface area contributed by atoms with E-state index in [0.717, 1.165) is 13.1 Å². The molecule has 2 amide bonds. The smallest absolute Gasteiger partial charge is 0.248 e. The summed E-state index contributed by atoms with van der Waals surface area (Å²) in [7, 11) is 0. The Labute approximate surface area is 132 Å². The predicted molar refractivity (Wildman–Crippen MR) is 81.8 cm³/mol. The molecule has 3 rings (SSSR count). The molecule has 23 heavy (non-hydrogen) atoms. The van der Waals surface area contributed by atoms with Gasteiger partial charge in [-0.15, -0.1) is 0 Å². The lowest BCUT2D eigenvalue weighted by atomic mass is 10.0. The number of aromatic nitrogens is 2. The maximum Gasteiger partial charge on any atom is 0.248 e. The van der Waals surface area contributed by atoms with E-state index in [4.69, 9.17) is 10.3 Å². The van der Waals surface area contributed by atoms with E-state index in [1.165, 1.54) is 0 Å². The molecule has 1 aliphatic heterocycles. The summed E-state index contributed by atoms with van der Waals surface area (Å²) < 4.78 is 5.12. The van der Waals surface area contributed by atoms with Gasteiger partial charge in [-0.3, -0.25) is 14.5 Å². The Bertz CT molecular complexity index is 719. The molecule has 1 aliphatic rings. The van der Waals surface area contributed by atoms with Crippen LogP contribution in [0.15, 0.2) is 28.8 Å². The Kier molecular flexibility index (Phi) is 4.07. The number of aryl methyl sites for hydroxylation is 1. The molecule has 8 nitrogen and oxygen atoms in total. The van der Waals surface area contributed by atoms with Crippen molar-refractivity contribution < 1.29 is 14.1 Å². The fourth-order valence-electron chi connectivity index (χ4n) is 2.46. The first-order valence-corrected chi connectivity index (χ1v) is 7.23. The van der Waals surface area contributed by atoms with Crippen LogP contribution in [-0.4, -0.2) is 46.5 Å². The van der Waals surface area contributed by atoms with E-state index in [2.05, 4.69) is 15.5 Å². The lowest BCUT2D eigenvalue weighted by Crippen LogP contribution is -2.48. The SMILES string of the molecule is Cc1noc(C2CN(CC(=O)Nc3ccc(C(N)=O)cc3)C2)n1. The molecular weight excluding hydrogens is 298 g/mol. The molecule has 1 saturated heterocycles. The number of benzene rings is 1. The van der Waals surface area contributed by atoms with Gasteiger partial charge in [0.25, 0.3) is 0 Å². The number of nitrogens with one attached hydrogen (secondary N) is 1. The summed E-state index contributed by atoms with van der Waals surface area (Å²) in [5.74, 6) is 0.832. The summed E-state index contributed by atoms with van der Waals surface area (Å²) in [5.41, 5.74) is 6.20. The lowest BCUT2D eigenvalue weighted by molar-refractivity contribution is -0.118. The topological polar surface area (TPSA) is 114 Å². The Balaban J connectivity index is 1.46. The summed E-state index contributed by atoms with van der Waals surface area (Å²) in [6.07, 6.45) is 0. The molecule has 2 heterocycles. The van der Waals surface area contributed by atoms with Crippen LogP contribution in [0.1, 0.15) is 28.0 Å². The van der Waals surface area contributed by atoms with E-state index in [0.29, 0.717) is 29.5 Å². The van der Waals surface area contributed by atoms with Crippen molar-refractivity contribution in [2.75, 3.05) is 25.0 Å². The zero-order valence-corrected chi connectivity index (χ0v) is 12.7. The highest BCUT2D eigenvalue weighted by Gasteiger charge is 2.33. The molecule has 1 aromatic heterocycles. The molecule has 0 bridgehead atoms. The van der Waals surface area contributed by atoms with E-state index in [1.807, 2.05) is 4.90 Å². The minimum atomic E-state index is -0.495. The molecular formula is C15H17N5O3. The van der Waals surface area contributed by atoms with Gasteiger partial charge in [-0.1, -0.05) is 5.16 Å². The molecule has 120 valence electrons. The molecule has 3 N–H and O–H groups in total. The van der Waals surface area contributed by atoms with E-state index in [1.54, 1.807) is 31.2 Å². The third kappa shape index (κ3) is 3.54. The number of nitrogens with zero attached hydrogens (tertiary/aromatic N) is 3. The van der Waals surface area contributed by atoms with E-state index >= 15 is 0 Å². The van der Waals surface area contributed by atoms with Gasteiger partial charge in [-0.25, -0.2) is 0 Å². The molecule has 1 aromatic carbocycles. The van der Waals surface area contributed by atoms with Crippen LogP contribution in [0.25, 0.3) is 0 Å². The Morgan fingerprint density at radius 3 is 2.61 bits per heavy atom. The van der Waals surface area contributed by atoms with Gasteiger partial charge >= 0.3 is 0 Å². The third-order valence-corrected chi connectivity index (χ3v) is 3.67. The van der Waals surface area contributed by atoms with Gasteiger partial charge in [0.2, 0.25) is 17.7 Å². The van der Waals surface area contributed by atoms with Crippen LogP contribution >= 0.6 is 0 Å². The molecule has 2 aromatic rings. The monoisotopic (exact) mass is 315 g/mol. The van der Waals surface area contributed by atoms with Crippen molar-refractivity contribution in [3.05, 3.63) is 41.5 Å². The van der Waals surface area contributed by atoms with Crippen molar-refractivity contribution in [3.8, 4) is 0 Å². The Morgan fingerprint density at radius 2 is 2.04 bits per heavy atom. The molecule has 0 spiro atoms. The van der Waals surface area contributed by atoms with Crippen molar-refractivity contribution >= 4 is 17.5 Å². The summed E-state index contributed by atoms with van der Waals surface area (Å²) in [5, 5.41) is 6.55. The van der Waals surface area contributed by atoms with Crippen molar-refractivity contribution in [3.63, 3.8) is 0 Å². The van der Waals surface area contributed by atoms with Crippen LogP contribution < -0.4 is 11.1 Å². The summed E-state index contributed by atoms with van der Waals surface area (Å²) in [4.78, 5) is 29.2. The van der Waals surface area contributed by atoms with E-state index < -0.39 is 5.91 Å². The minimum Gasteiger partial charge on any atom is -0.366 e. The molecule has 0 atom stereocenters.